The number of benzene rings is 1. The molecule has 19 heavy (non-hydrogen) atoms. The quantitative estimate of drug-likeness (QED) is 0.680. The Balaban J connectivity index is 3.09. The molecule has 0 spiro atoms. The Morgan fingerprint density at radius 2 is 2.05 bits per heavy atom. The largest absolute Gasteiger partial charge is 0.469 e. The van der Waals surface area contributed by atoms with Crippen molar-refractivity contribution in [2.75, 3.05) is 14.2 Å². The van der Waals surface area contributed by atoms with E-state index in [0.717, 1.165) is 6.07 Å². The summed E-state index contributed by atoms with van der Waals surface area (Å²) in [6.45, 7) is 0. The Bertz CT molecular complexity index is 460. The van der Waals surface area contributed by atoms with Crippen LogP contribution in [0.25, 0.3) is 0 Å². The van der Waals surface area contributed by atoms with E-state index in [1.807, 2.05) is 0 Å². The fourth-order valence-electron chi connectivity index (χ4n) is 1.61. The smallest absolute Gasteiger partial charge is 0.419 e. The van der Waals surface area contributed by atoms with Crippen molar-refractivity contribution in [3.8, 4) is 0 Å². The van der Waals surface area contributed by atoms with E-state index in [2.05, 4.69) is 10.1 Å². The Labute approximate surface area is 107 Å². The zero-order valence-electron chi connectivity index (χ0n) is 10.3. The summed E-state index contributed by atoms with van der Waals surface area (Å²) in [4.78, 5) is 11.1. The molecule has 1 atom stereocenters. The molecule has 0 aliphatic heterocycles. The topological polar surface area (TPSA) is 38.3 Å². The van der Waals surface area contributed by atoms with Crippen LogP contribution in [0.3, 0.4) is 0 Å². The minimum Gasteiger partial charge on any atom is -0.469 e. The van der Waals surface area contributed by atoms with Crippen molar-refractivity contribution in [1.82, 2.24) is 5.32 Å². The van der Waals surface area contributed by atoms with Crippen LogP contribution in [0.2, 0.25) is 0 Å². The summed E-state index contributed by atoms with van der Waals surface area (Å²) in [7, 11) is 2.67. The van der Waals surface area contributed by atoms with E-state index in [-0.39, 0.29) is 12.0 Å². The van der Waals surface area contributed by atoms with E-state index in [1.54, 1.807) is 0 Å². The van der Waals surface area contributed by atoms with Crippen molar-refractivity contribution < 1.29 is 27.1 Å². The molecule has 0 aliphatic carbocycles. The molecule has 0 heterocycles. The number of hydrogen-bond acceptors (Lipinski definition) is 3. The number of halogens is 4. The van der Waals surface area contributed by atoms with Crippen LogP contribution in [0.5, 0.6) is 0 Å². The van der Waals surface area contributed by atoms with Gasteiger partial charge in [-0.3, -0.25) is 4.79 Å². The summed E-state index contributed by atoms with van der Waals surface area (Å²) < 4.78 is 55.3. The first-order valence-corrected chi connectivity index (χ1v) is 5.40. The van der Waals surface area contributed by atoms with Crippen LogP contribution in [0.15, 0.2) is 18.2 Å². The van der Waals surface area contributed by atoms with Gasteiger partial charge < -0.3 is 10.1 Å². The molecule has 0 saturated carbocycles. The van der Waals surface area contributed by atoms with Crippen LogP contribution in [0.4, 0.5) is 17.6 Å². The number of esters is 1. The van der Waals surface area contributed by atoms with Crippen molar-refractivity contribution in [1.29, 1.82) is 0 Å². The molecule has 7 heteroatoms. The summed E-state index contributed by atoms with van der Waals surface area (Å²) in [5.74, 6) is -1.92. The standard InChI is InChI=1S/C12H13F4NO2/c1-17-10(6-11(18)19-2)7-3-4-9(13)8(5-7)12(14,15)16/h3-5,10,17H,6H2,1-2H3. The fourth-order valence-corrected chi connectivity index (χ4v) is 1.61. The fraction of sp³-hybridized carbons (Fsp3) is 0.417. The highest BCUT2D eigenvalue weighted by atomic mass is 19.4. The van der Waals surface area contributed by atoms with Crippen LogP contribution >= 0.6 is 0 Å². The monoisotopic (exact) mass is 279 g/mol. The number of carbonyl (C=O) groups excluding carboxylic acids is 1. The Kier molecular flexibility index (Phi) is 4.88. The maximum Gasteiger partial charge on any atom is 0.419 e. The molecule has 1 N–H and O–H groups in total. The van der Waals surface area contributed by atoms with Crippen LogP contribution < -0.4 is 5.32 Å². The lowest BCUT2D eigenvalue weighted by Gasteiger charge is -2.17. The maximum absolute atomic E-state index is 13.1. The van der Waals surface area contributed by atoms with Crippen molar-refractivity contribution in [2.45, 2.75) is 18.6 Å². The van der Waals surface area contributed by atoms with Gasteiger partial charge in [0.05, 0.1) is 19.1 Å². The minimum atomic E-state index is -4.77. The van der Waals surface area contributed by atoms with Crippen molar-refractivity contribution in [2.24, 2.45) is 0 Å². The highest BCUT2D eigenvalue weighted by molar-refractivity contribution is 5.70. The third kappa shape index (κ3) is 3.92. The van der Waals surface area contributed by atoms with Gasteiger partial charge in [0.25, 0.3) is 0 Å². The predicted octanol–water partition coefficient (Wildman–Crippen LogP) is 2.67. The molecule has 1 aromatic rings. The molecule has 1 unspecified atom stereocenters. The number of alkyl halides is 3. The van der Waals surface area contributed by atoms with E-state index in [9.17, 15) is 22.4 Å². The molecule has 3 nitrogen and oxygen atoms in total. The summed E-state index contributed by atoms with van der Waals surface area (Å²) in [6, 6.07) is 1.96. The van der Waals surface area contributed by atoms with Gasteiger partial charge in [-0.1, -0.05) is 6.07 Å². The highest BCUT2D eigenvalue weighted by Crippen LogP contribution is 2.33. The third-order valence-electron chi connectivity index (χ3n) is 2.65. The lowest BCUT2D eigenvalue weighted by Crippen LogP contribution is -2.21. The van der Waals surface area contributed by atoms with Gasteiger partial charge in [-0.2, -0.15) is 13.2 Å². The van der Waals surface area contributed by atoms with Crippen molar-refractivity contribution >= 4 is 5.97 Å². The van der Waals surface area contributed by atoms with Crippen LogP contribution in [-0.4, -0.2) is 20.1 Å². The normalized spacial score (nSPS) is 13.2. The van der Waals surface area contributed by atoms with Crippen LogP contribution in [0, 0.1) is 5.82 Å². The summed E-state index contributed by atoms with van der Waals surface area (Å²) in [5, 5.41) is 2.69. The zero-order valence-corrected chi connectivity index (χ0v) is 10.3. The van der Waals surface area contributed by atoms with Gasteiger partial charge in [-0.25, -0.2) is 4.39 Å². The molecule has 0 amide bonds. The second-order valence-electron chi connectivity index (χ2n) is 3.86. The number of nitrogens with one attached hydrogen (secondary N) is 1. The molecule has 0 bridgehead atoms. The lowest BCUT2D eigenvalue weighted by molar-refractivity contribution is -0.141. The van der Waals surface area contributed by atoms with E-state index >= 15 is 0 Å². The second kappa shape index (κ2) is 6.01. The van der Waals surface area contributed by atoms with Gasteiger partial charge in [-0.05, 0) is 24.7 Å². The van der Waals surface area contributed by atoms with Gasteiger partial charge in [-0.15, -0.1) is 0 Å². The summed E-state index contributed by atoms with van der Waals surface area (Å²) in [6.07, 6.45) is -4.92. The van der Waals surface area contributed by atoms with Crippen molar-refractivity contribution in [3.63, 3.8) is 0 Å². The number of rotatable bonds is 4. The second-order valence-corrected chi connectivity index (χ2v) is 3.86. The average Bonchev–Trinajstić information content (AvgIpc) is 2.35. The third-order valence-corrected chi connectivity index (χ3v) is 2.65. The van der Waals surface area contributed by atoms with Crippen molar-refractivity contribution in [3.05, 3.63) is 35.1 Å². The number of ether oxygens (including phenoxy) is 1. The zero-order chi connectivity index (χ0) is 14.6. The first-order valence-electron chi connectivity index (χ1n) is 5.40. The van der Waals surface area contributed by atoms with Gasteiger partial charge in [0, 0.05) is 6.04 Å². The van der Waals surface area contributed by atoms with Gasteiger partial charge >= 0.3 is 12.1 Å². The molecule has 1 aromatic carbocycles. The molecule has 0 aromatic heterocycles. The first kappa shape index (κ1) is 15.4. The molecular weight excluding hydrogens is 266 g/mol. The van der Waals surface area contributed by atoms with Crippen LogP contribution in [0.1, 0.15) is 23.6 Å². The van der Waals surface area contributed by atoms with E-state index in [1.165, 1.54) is 20.2 Å². The molecule has 0 radical (unpaired) electrons. The van der Waals surface area contributed by atoms with Gasteiger partial charge in [0.15, 0.2) is 0 Å². The molecule has 0 saturated heterocycles. The van der Waals surface area contributed by atoms with E-state index < -0.39 is 29.6 Å². The van der Waals surface area contributed by atoms with Gasteiger partial charge in [0.2, 0.25) is 0 Å². The number of methoxy groups -OCH3 is 1. The maximum atomic E-state index is 13.1. The SMILES string of the molecule is CNC(CC(=O)OC)c1ccc(F)c(C(F)(F)F)c1. The molecule has 106 valence electrons. The van der Waals surface area contributed by atoms with Gasteiger partial charge in [0.1, 0.15) is 5.82 Å². The first-order chi connectivity index (χ1) is 8.79. The Morgan fingerprint density at radius 1 is 1.42 bits per heavy atom. The molecule has 1 rings (SSSR count). The molecule has 0 aliphatic rings. The highest BCUT2D eigenvalue weighted by Gasteiger charge is 2.34. The lowest BCUT2D eigenvalue weighted by atomic mass is 10.0. The number of hydrogen-bond donors (Lipinski definition) is 1. The summed E-state index contributed by atoms with van der Waals surface area (Å²) >= 11 is 0. The van der Waals surface area contributed by atoms with Crippen LogP contribution in [-0.2, 0) is 15.7 Å². The molecular formula is C12H13F4NO2. The summed E-state index contributed by atoms with van der Waals surface area (Å²) in [5.41, 5.74) is -1.18. The number of carbonyl (C=O) groups is 1. The van der Waals surface area contributed by atoms with E-state index in [4.69, 9.17) is 0 Å². The molecule has 0 fully saturated rings. The minimum absolute atomic E-state index is 0.143. The Hall–Kier alpha value is -1.63. The Morgan fingerprint density at radius 3 is 2.53 bits per heavy atom. The average molecular weight is 279 g/mol. The predicted molar refractivity (Wildman–Crippen MR) is 59.8 cm³/mol. The van der Waals surface area contributed by atoms with E-state index in [0.29, 0.717) is 6.07 Å².